The number of alkyl halides is 3. The molecule has 11 nitrogen and oxygen atoms in total. The van der Waals surface area contributed by atoms with Crippen LogP contribution in [0, 0.1) is 0 Å². The van der Waals surface area contributed by atoms with Crippen LogP contribution in [-0.4, -0.2) is 70.9 Å². The Labute approximate surface area is 196 Å². The number of hydrogen-bond acceptors (Lipinski definition) is 7. The molecule has 0 radical (unpaired) electrons. The molecule has 3 N–H and O–H groups in total. The molecular weight excluding hydrogens is 473 g/mol. The number of ether oxygens (including phenoxy) is 1. The Balaban J connectivity index is 1.57. The number of aliphatic carboxylic acids is 1. The van der Waals surface area contributed by atoms with Crippen LogP contribution in [0.2, 0.25) is 0 Å². The average Bonchev–Trinajstić information content (AvgIpc) is 3.21. The number of fused-ring (bicyclic) bond motifs is 4. The molecule has 2 atom stereocenters. The van der Waals surface area contributed by atoms with Gasteiger partial charge in [-0.3, -0.25) is 15.0 Å². The molecule has 0 unspecified atom stereocenters. The topological polar surface area (TPSA) is 137 Å². The fourth-order valence-corrected chi connectivity index (χ4v) is 3.83. The number of aromatic nitrogens is 2. The van der Waals surface area contributed by atoms with Gasteiger partial charge in [0.25, 0.3) is 5.91 Å². The molecule has 4 heterocycles. The van der Waals surface area contributed by atoms with E-state index in [1.54, 1.807) is 6.07 Å². The van der Waals surface area contributed by atoms with E-state index in [4.69, 9.17) is 9.84 Å². The molecule has 0 aliphatic carbocycles. The van der Waals surface area contributed by atoms with Crippen molar-refractivity contribution in [1.29, 1.82) is 0 Å². The Bertz CT molecular complexity index is 1160. The number of halogens is 3. The second-order valence-electron chi connectivity index (χ2n) is 8.02. The number of urea groups is 1. The van der Waals surface area contributed by atoms with Crippen LogP contribution in [0.1, 0.15) is 23.8 Å². The largest absolute Gasteiger partial charge is 0.482 e. The van der Waals surface area contributed by atoms with Crippen molar-refractivity contribution in [2.45, 2.75) is 31.6 Å². The van der Waals surface area contributed by atoms with Crippen LogP contribution in [0.5, 0.6) is 5.75 Å². The van der Waals surface area contributed by atoms with Crippen molar-refractivity contribution in [1.82, 2.24) is 15.3 Å². The van der Waals surface area contributed by atoms with Gasteiger partial charge in [-0.1, -0.05) is 0 Å². The van der Waals surface area contributed by atoms with Crippen molar-refractivity contribution in [2.24, 2.45) is 0 Å². The minimum atomic E-state index is -4.61. The van der Waals surface area contributed by atoms with Crippen molar-refractivity contribution >= 4 is 35.2 Å². The molecule has 14 heteroatoms. The standard InChI is InChI=1S/C21H21F3N6O5/c1-11(21(22,23)24)26-19(33)14-2-3-15-18(27-14)30(12-5-7-29(15)9-12)20(34)28-16-8-13(4-6-25-16)35-10-17(31)32/h2-4,6,8,11-12H,5,7,9-10H2,1H3,(H,26,33)(H,31,32)(H,25,28,34)/t11-,12+/m1/s1. The predicted octanol–water partition coefficient (Wildman–Crippen LogP) is 2.25. The lowest BCUT2D eigenvalue weighted by atomic mass is 10.1. The smallest absolute Gasteiger partial charge is 0.408 e. The number of carbonyl (C=O) groups excluding carboxylic acids is 2. The van der Waals surface area contributed by atoms with Gasteiger partial charge in [0.05, 0.1) is 11.7 Å². The molecule has 0 aromatic carbocycles. The Morgan fingerprint density at radius 3 is 2.77 bits per heavy atom. The molecule has 186 valence electrons. The highest BCUT2D eigenvalue weighted by molar-refractivity contribution is 6.05. The lowest BCUT2D eigenvalue weighted by Crippen LogP contribution is -2.49. The Kier molecular flexibility index (Phi) is 6.37. The summed E-state index contributed by atoms with van der Waals surface area (Å²) in [5.41, 5.74) is 0.308. The fourth-order valence-electron chi connectivity index (χ4n) is 3.83. The van der Waals surface area contributed by atoms with Crippen LogP contribution in [0.3, 0.4) is 0 Å². The van der Waals surface area contributed by atoms with Gasteiger partial charge in [-0.05, 0) is 31.5 Å². The first-order chi connectivity index (χ1) is 16.5. The van der Waals surface area contributed by atoms with Gasteiger partial charge in [-0.2, -0.15) is 13.2 Å². The van der Waals surface area contributed by atoms with E-state index < -0.39 is 36.7 Å². The molecule has 4 rings (SSSR count). The summed E-state index contributed by atoms with van der Waals surface area (Å²) in [7, 11) is 0. The van der Waals surface area contributed by atoms with Gasteiger partial charge in [0.15, 0.2) is 12.4 Å². The molecule has 2 aliphatic heterocycles. The summed E-state index contributed by atoms with van der Waals surface area (Å²) in [6.45, 7) is 1.41. The number of carboxylic acid groups (broad SMARTS) is 1. The van der Waals surface area contributed by atoms with Crippen LogP contribution in [0.15, 0.2) is 30.5 Å². The third kappa shape index (κ3) is 5.20. The van der Waals surface area contributed by atoms with Crippen LogP contribution in [0.4, 0.5) is 35.3 Å². The number of nitrogens with zero attached hydrogens (tertiary/aromatic N) is 4. The van der Waals surface area contributed by atoms with Gasteiger partial charge in [-0.15, -0.1) is 0 Å². The van der Waals surface area contributed by atoms with Crippen molar-refractivity contribution in [3.8, 4) is 5.75 Å². The van der Waals surface area contributed by atoms with Gasteiger partial charge in [0, 0.05) is 25.4 Å². The maximum atomic E-state index is 13.2. The van der Waals surface area contributed by atoms with E-state index in [-0.39, 0.29) is 29.1 Å². The highest BCUT2D eigenvalue weighted by atomic mass is 19.4. The van der Waals surface area contributed by atoms with E-state index in [0.717, 1.165) is 6.92 Å². The molecule has 1 saturated heterocycles. The molecule has 0 spiro atoms. The number of amides is 3. The van der Waals surface area contributed by atoms with Crippen molar-refractivity contribution < 1.29 is 37.4 Å². The van der Waals surface area contributed by atoms with Gasteiger partial charge in [0.1, 0.15) is 23.3 Å². The summed E-state index contributed by atoms with van der Waals surface area (Å²) in [5.74, 6) is -1.77. The number of pyridine rings is 2. The van der Waals surface area contributed by atoms with Crippen LogP contribution in [0.25, 0.3) is 0 Å². The Hall–Kier alpha value is -4.10. The number of rotatable bonds is 6. The molecule has 1 fully saturated rings. The minimum Gasteiger partial charge on any atom is -0.482 e. The summed E-state index contributed by atoms with van der Waals surface area (Å²) in [4.78, 5) is 47.9. The summed E-state index contributed by atoms with van der Waals surface area (Å²) in [5, 5.41) is 13.2. The van der Waals surface area contributed by atoms with E-state index in [9.17, 15) is 27.6 Å². The zero-order valence-corrected chi connectivity index (χ0v) is 18.4. The number of hydrogen-bond donors (Lipinski definition) is 3. The summed E-state index contributed by atoms with van der Waals surface area (Å²) >= 11 is 0. The third-order valence-electron chi connectivity index (χ3n) is 5.57. The van der Waals surface area contributed by atoms with Gasteiger partial charge >= 0.3 is 18.2 Å². The second kappa shape index (κ2) is 9.27. The summed E-state index contributed by atoms with van der Waals surface area (Å²) in [6, 6.07) is 2.67. The number of anilines is 3. The highest BCUT2D eigenvalue weighted by Crippen LogP contribution is 2.39. The maximum Gasteiger partial charge on any atom is 0.408 e. The van der Waals surface area contributed by atoms with E-state index in [1.165, 1.54) is 29.3 Å². The molecule has 3 amide bonds. The number of carboxylic acids is 1. The zero-order chi connectivity index (χ0) is 25.3. The lowest BCUT2D eigenvalue weighted by molar-refractivity contribution is -0.149. The van der Waals surface area contributed by atoms with Gasteiger partial charge in [-0.25, -0.2) is 19.6 Å². The molecule has 35 heavy (non-hydrogen) atoms. The maximum absolute atomic E-state index is 13.2. The predicted molar refractivity (Wildman–Crippen MR) is 117 cm³/mol. The second-order valence-corrected chi connectivity index (χ2v) is 8.02. The number of carbonyl (C=O) groups is 3. The van der Waals surface area contributed by atoms with Gasteiger partial charge < -0.3 is 20.1 Å². The van der Waals surface area contributed by atoms with E-state index >= 15 is 0 Å². The quantitative estimate of drug-likeness (QED) is 0.556. The Morgan fingerprint density at radius 2 is 2.06 bits per heavy atom. The van der Waals surface area contributed by atoms with Crippen molar-refractivity contribution in [2.75, 3.05) is 34.8 Å². The monoisotopic (exact) mass is 494 g/mol. The van der Waals surface area contributed by atoms with E-state index in [2.05, 4.69) is 15.3 Å². The first-order valence-corrected chi connectivity index (χ1v) is 10.6. The number of nitrogens with one attached hydrogen (secondary N) is 2. The minimum absolute atomic E-state index is 0.0905. The average molecular weight is 494 g/mol. The zero-order valence-electron chi connectivity index (χ0n) is 18.4. The highest BCUT2D eigenvalue weighted by Gasteiger charge is 2.41. The van der Waals surface area contributed by atoms with Gasteiger partial charge in [0.2, 0.25) is 0 Å². The summed E-state index contributed by atoms with van der Waals surface area (Å²) < 4.78 is 43.7. The fraction of sp³-hybridized carbons (Fsp3) is 0.381. The molecular formula is C21H21F3N6O5. The first kappa shape index (κ1) is 24.0. The lowest BCUT2D eigenvalue weighted by Gasteiger charge is -2.35. The van der Waals surface area contributed by atoms with Crippen molar-refractivity contribution in [3.63, 3.8) is 0 Å². The van der Waals surface area contributed by atoms with E-state index in [0.29, 0.717) is 25.2 Å². The van der Waals surface area contributed by atoms with Crippen molar-refractivity contribution in [3.05, 3.63) is 36.2 Å². The third-order valence-corrected chi connectivity index (χ3v) is 5.57. The first-order valence-electron chi connectivity index (χ1n) is 10.6. The summed E-state index contributed by atoms with van der Waals surface area (Å²) in [6.07, 6.45) is -2.67. The normalized spacial score (nSPS) is 17.4. The van der Waals surface area contributed by atoms with Crippen LogP contribution < -0.4 is 25.2 Å². The SMILES string of the molecule is C[C@@H](NC(=O)c1ccc2c(n1)N(C(=O)Nc1cc(OCC(=O)O)ccn1)[C@H]1CCN2C1)C(F)(F)F. The molecule has 2 aliphatic rings. The Morgan fingerprint density at radius 1 is 1.29 bits per heavy atom. The van der Waals surface area contributed by atoms with Crippen LogP contribution in [-0.2, 0) is 4.79 Å². The molecule has 2 aromatic heterocycles. The molecule has 2 bridgehead atoms. The van der Waals surface area contributed by atoms with E-state index in [1.807, 2.05) is 10.2 Å². The molecule has 0 saturated carbocycles. The molecule has 2 aromatic rings. The van der Waals surface area contributed by atoms with Crippen LogP contribution >= 0.6 is 0 Å².